The lowest BCUT2D eigenvalue weighted by Gasteiger charge is -2.25. The number of hydrogen-bond acceptors (Lipinski definition) is 3. The van der Waals surface area contributed by atoms with Gasteiger partial charge in [-0.25, -0.2) is 4.98 Å². The monoisotopic (exact) mass is 329 g/mol. The Morgan fingerprint density at radius 3 is 2.84 bits per heavy atom. The summed E-state index contributed by atoms with van der Waals surface area (Å²) in [5, 5.41) is 6.24. The van der Waals surface area contributed by atoms with Crippen LogP contribution in [0, 0.1) is 0 Å². The number of hydrogen-bond donors (Lipinski definition) is 2. The molecule has 1 unspecified atom stereocenters. The molecule has 0 radical (unpaired) electrons. The van der Waals surface area contributed by atoms with E-state index in [2.05, 4.69) is 63.8 Å². The molecule has 1 atom stereocenters. The largest absolute Gasteiger partial charge is 0.481 e. The topological polar surface area (TPSA) is 49.9 Å². The maximum atomic E-state index is 5.31. The van der Waals surface area contributed by atoms with Gasteiger partial charge < -0.3 is 15.0 Å². The summed E-state index contributed by atoms with van der Waals surface area (Å²) in [5.74, 6) is 0.662. The summed E-state index contributed by atoms with van der Waals surface area (Å²) in [6, 6.07) is 19.2. The maximum absolute atomic E-state index is 5.31. The third kappa shape index (κ3) is 2.22. The van der Waals surface area contributed by atoms with Crippen LogP contribution in [0.15, 0.2) is 54.6 Å². The summed E-state index contributed by atoms with van der Waals surface area (Å²) in [5.41, 5.74) is 5.92. The van der Waals surface area contributed by atoms with Gasteiger partial charge in [0.15, 0.2) is 0 Å². The molecule has 2 aromatic carbocycles. The first-order chi connectivity index (χ1) is 12.3. The van der Waals surface area contributed by atoms with E-state index in [1.807, 2.05) is 6.07 Å². The first-order valence-electron chi connectivity index (χ1n) is 8.61. The average Bonchev–Trinajstić information content (AvgIpc) is 3.05. The van der Waals surface area contributed by atoms with Gasteiger partial charge in [-0.05, 0) is 28.8 Å². The molecule has 0 amide bonds. The fourth-order valence-electron chi connectivity index (χ4n) is 3.94. The quantitative estimate of drug-likeness (QED) is 0.585. The molecule has 1 aliphatic heterocycles. The van der Waals surface area contributed by atoms with Crippen LogP contribution in [-0.2, 0) is 6.42 Å². The number of aromatic nitrogens is 2. The molecular weight excluding hydrogens is 310 g/mol. The van der Waals surface area contributed by atoms with Crippen LogP contribution in [0.5, 0.6) is 5.88 Å². The molecule has 0 spiro atoms. The molecule has 0 saturated heterocycles. The summed E-state index contributed by atoms with van der Waals surface area (Å²) >= 11 is 0. The van der Waals surface area contributed by atoms with Crippen molar-refractivity contribution < 1.29 is 4.74 Å². The highest BCUT2D eigenvalue weighted by atomic mass is 16.5. The SMILES string of the molecule is COc1ccc2[nH]c3c(c2n1)CCNC3c1cccc2ccccc12. The number of nitrogens with one attached hydrogen (secondary N) is 2. The molecule has 0 saturated carbocycles. The second-order valence-electron chi connectivity index (χ2n) is 6.47. The molecule has 4 aromatic rings. The van der Waals surface area contributed by atoms with Gasteiger partial charge in [-0.2, -0.15) is 0 Å². The zero-order chi connectivity index (χ0) is 16.8. The molecule has 0 aliphatic carbocycles. The third-order valence-corrected chi connectivity index (χ3v) is 5.11. The highest BCUT2D eigenvalue weighted by molar-refractivity contribution is 5.87. The lowest BCUT2D eigenvalue weighted by molar-refractivity contribution is 0.399. The van der Waals surface area contributed by atoms with Crippen molar-refractivity contribution in [2.24, 2.45) is 0 Å². The van der Waals surface area contributed by atoms with Gasteiger partial charge in [0.2, 0.25) is 5.88 Å². The molecule has 4 heteroatoms. The molecule has 2 N–H and O–H groups in total. The molecule has 124 valence electrons. The van der Waals surface area contributed by atoms with Gasteiger partial charge in [-0.1, -0.05) is 42.5 Å². The lowest BCUT2D eigenvalue weighted by atomic mass is 9.92. The second kappa shape index (κ2) is 5.60. The molecule has 1 aliphatic rings. The van der Waals surface area contributed by atoms with Crippen molar-refractivity contribution in [3.63, 3.8) is 0 Å². The molecule has 0 bridgehead atoms. The van der Waals surface area contributed by atoms with Crippen molar-refractivity contribution in [3.05, 3.63) is 71.4 Å². The highest BCUT2D eigenvalue weighted by Gasteiger charge is 2.27. The van der Waals surface area contributed by atoms with E-state index in [0.717, 1.165) is 24.0 Å². The standard InChI is InChI=1S/C21H19N3O/c1-25-18-10-9-17-19(24-18)16-11-12-22-20(21(16)23-17)15-8-4-6-13-5-2-3-7-14(13)15/h2-10,20,22-23H,11-12H2,1H3. The summed E-state index contributed by atoms with van der Waals surface area (Å²) in [6.45, 7) is 0.937. The average molecular weight is 329 g/mol. The normalized spacial score (nSPS) is 16.9. The summed E-state index contributed by atoms with van der Waals surface area (Å²) < 4.78 is 5.31. The fourth-order valence-corrected chi connectivity index (χ4v) is 3.94. The number of H-pyrrole nitrogens is 1. The Hall–Kier alpha value is -2.85. The minimum Gasteiger partial charge on any atom is -0.481 e. The van der Waals surface area contributed by atoms with E-state index < -0.39 is 0 Å². The molecule has 5 rings (SSSR count). The molecule has 2 aromatic heterocycles. The van der Waals surface area contributed by atoms with Crippen LogP contribution in [0.3, 0.4) is 0 Å². The van der Waals surface area contributed by atoms with Crippen molar-refractivity contribution >= 4 is 21.8 Å². The van der Waals surface area contributed by atoms with E-state index in [-0.39, 0.29) is 6.04 Å². The summed E-state index contributed by atoms with van der Waals surface area (Å²) in [6.07, 6.45) is 0.969. The van der Waals surface area contributed by atoms with Gasteiger partial charge in [0, 0.05) is 23.9 Å². The third-order valence-electron chi connectivity index (χ3n) is 5.11. The van der Waals surface area contributed by atoms with E-state index in [1.165, 1.54) is 27.6 Å². The first-order valence-corrected chi connectivity index (χ1v) is 8.61. The summed E-state index contributed by atoms with van der Waals surface area (Å²) in [4.78, 5) is 8.28. The minimum absolute atomic E-state index is 0.148. The second-order valence-corrected chi connectivity index (χ2v) is 6.47. The van der Waals surface area contributed by atoms with Crippen molar-refractivity contribution in [3.8, 4) is 5.88 Å². The highest BCUT2D eigenvalue weighted by Crippen LogP contribution is 2.36. The van der Waals surface area contributed by atoms with Crippen molar-refractivity contribution in [2.75, 3.05) is 13.7 Å². The van der Waals surface area contributed by atoms with E-state index in [4.69, 9.17) is 4.74 Å². The molecule has 4 nitrogen and oxygen atoms in total. The van der Waals surface area contributed by atoms with Crippen LogP contribution in [-0.4, -0.2) is 23.6 Å². The smallest absolute Gasteiger partial charge is 0.213 e. The van der Waals surface area contributed by atoms with Gasteiger partial charge in [-0.3, -0.25) is 0 Å². The van der Waals surface area contributed by atoms with E-state index in [9.17, 15) is 0 Å². The number of rotatable bonds is 2. The van der Waals surface area contributed by atoms with Crippen LogP contribution in [0.2, 0.25) is 0 Å². The van der Waals surface area contributed by atoms with E-state index in [0.29, 0.717) is 5.88 Å². The maximum Gasteiger partial charge on any atom is 0.213 e. The predicted octanol–water partition coefficient (Wildman–Crippen LogP) is 3.96. The Labute approximate surface area is 145 Å². The Morgan fingerprint density at radius 1 is 1.04 bits per heavy atom. The van der Waals surface area contributed by atoms with Crippen LogP contribution < -0.4 is 10.1 Å². The number of ether oxygens (including phenoxy) is 1. The van der Waals surface area contributed by atoms with Crippen LogP contribution in [0.25, 0.3) is 21.8 Å². The minimum atomic E-state index is 0.148. The van der Waals surface area contributed by atoms with Crippen LogP contribution in [0.1, 0.15) is 22.9 Å². The first kappa shape index (κ1) is 14.5. The number of fused-ring (bicyclic) bond motifs is 4. The molecule has 25 heavy (non-hydrogen) atoms. The van der Waals surface area contributed by atoms with Crippen LogP contribution in [0.4, 0.5) is 0 Å². The van der Waals surface area contributed by atoms with Crippen molar-refractivity contribution in [1.82, 2.24) is 15.3 Å². The van der Waals surface area contributed by atoms with Gasteiger partial charge in [0.1, 0.15) is 0 Å². The lowest BCUT2D eigenvalue weighted by Crippen LogP contribution is -2.30. The number of pyridine rings is 1. The Balaban J connectivity index is 1.73. The molecular formula is C21H19N3O. The van der Waals surface area contributed by atoms with E-state index >= 15 is 0 Å². The van der Waals surface area contributed by atoms with Crippen molar-refractivity contribution in [2.45, 2.75) is 12.5 Å². The van der Waals surface area contributed by atoms with E-state index in [1.54, 1.807) is 7.11 Å². The van der Waals surface area contributed by atoms with Crippen LogP contribution >= 0.6 is 0 Å². The zero-order valence-corrected chi connectivity index (χ0v) is 14.0. The molecule has 0 fully saturated rings. The van der Waals surface area contributed by atoms with Gasteiger partial charge in [0.25, 0.3) is 0 Å². The Kier molecular flexibility index (Phi) is 3.25. The number of benzene rings is 2. The number of methoxy groups -OCH3 is 1. The zero-order valence-electron chi connectivity index (χ0n) is 14.0. The fraction of sp³-hybridized carbons (Fsp3) is 0.190. The van der Waals surface area contributed by atoms with Gasteiger partial charge >= 0.3 is 0 Å². The van der Waals surface area contributed by atoms with Crippen molar-refractivity contribution in [1.29, 1.82) is 0 Å². The summed E-state index contributed by atoms with van der Waals surface area (Å²) in [7, 11) is 1.66. The Morgan fingerprint density at radius 2 is 1.92 bits per heavy atom. The van der Waals surface area contributed by atoms with Gasteiger partial charge in [-0.15, -0.1) is 0 Å². The molecule has 3 heterocycles. The Bertz CT molecular complexity index is 1080. The predicted molar refractivity (Wildman–Crippen MR) is 100 cm³/mol. The van der Waals surface area contributed by atoms with Gasteiger partial charge in [0.05, 0.1) is 24.2 Å². The number of nitrogens with zero attached hydrogens (tertiary/aromatic N) is 1. The number of aromatic amines is 1.